The monoisotopic (exact) mass is 318 g/mol. The largest absolute Gasteiger partial charge is 0.316 e. The van der Waals surface area contributed by atoms with Gasteiger partial charge in [0.2, 0.25) is 0 Å². The van der Waals surface area contributed by atoms with E-state index in [1.807, 2.05) is 11.8 Å². The van der Waals surface area contributed by atoms with Crippen molar-refractivity contribution in [2.45, 2.75) is 48.5 Å². The fraction of sp³-hybridized carbons (Fsp3) is 0.750. The molecule has 114 valence electrons. The number of nitrogens with zero attached hydrogens (tertiary/aromatic N) is 1. The lowest BCUT2D eigenvalue weighted by Gasteiger charge is -2.27. The summed E-state index contributed by atoms with van der Waals surface area (Å²) in [5.74, 6) is 0. The van der Waals surface area contributed by atoms with Gasteiger partial charge in [-0.2, -0.15) is 16.9 Å². The van der Waals surface area contributed by atoms with Gasteiger partial charge in [-0.05, 0) is 39.0 Å². The van der Waals surface area contributed by atoms with E-state index in [4.69, 9.17) is 0 Å². The molecule has 1 heterocycles. The first kappa shape index (κ1) is 15.8. The van der Waals surface area contributed by atoms with E-state index in [9.17, 15) is 8.42 Å². The van der Waals surface area contributed by atoms with E-state index in [1.165, 1.54) is 0 Å². The maximum atomic E-state index is 12.4. The molecule has 0 bridgehead atoms. The molecule has 2 rings (SSSR count). The number of aromatic amines is 1. The zero-order valence-corrected chi connectivity index (χ0v) is 13.5. The van der Waals surface area contributed by atoms with Gasteiger partial charge in [0.05, 0.1) is 6.20 Å². The van der Waals surface area contributed by atoms with Gasteiger partial charge in [-0.1, -0.05) is 0 Å². The van der Waals surface area contributed by atoms with Gasteiger partial charge < -0.3 is 5.32 Å². The molecule has 1 aromatic rings. The normalized spacial score (nSPS) is 23.9. The molecule has 1 fully saturated rings. The Morgan fingerprint density at radius 3 is 2.70 bits per heavy atom. The first-order valence-corrected chi connectivity index (χ1v) is 9.56. The van der Waals surface area contributed by atoms with E-state index in [0.717, 1.165) is 25.7 Å². The van der Waals surface area contributed by atoms with Gasteiger partial charge in [0, 0.05) is 23.4 Å². The fourth-order valence-corrected chi connectivity index (χ4v) is 4.72. The number of nitrogens with one attached hydrogen (secondary N) is 3. The summed E-state index contributed by atoms with van der Waals surface area (Å²) in [4.78, 5) is 0. The molecule has 1 aromatic heterocycles. The first-order valence-electron chi connectivity index (χ1n) is 6.78. The molecule has 8 heteroatoms. The van der Waals surface area contributed by atoms with Crippen LogP contribution in [0.5, 0.6) is 0 Å². The van der Waals surface area contributed by atoms with Gasteiger partial charge in [-0.15, -0.1) is 0 Å². The Morgan fingerprint density at radius 1 is 1.40 bits per heavy atom. The Kier molecular flexibility index (Phi) is 5.48. The summed E-state index contributed by atoms with van der Waals surface area (Å²) >= 11 is 1.87. The minimum absolute atomic E-state index is 0.0362. The van der Waals surface area contributed by atoms with E-state index in [0.29, 0.717) is 17.4 Å². The van der Waals surface area contributed by atoms with Crippen molar-refractivity contribution in [2.75, 3.05) is 13.3 Å². The Hall–Kier alpha value is -0.570. The second-order valence-electron chi connectivity index (χ2n) is 5.09. The summed E-state index contributed by atoms with van der Waals surface area (Å²) < 4.78 is 27.6. The van der Waals surface area contributed by atoms with Gasteiger partial charge in [-0.3, -0.25) is 5.10 Å². The molecular formula is C12H22N4O2S2. The van der Waals surface area contributed by atoms with E-state index in [1.54, 1.807) is 13.2 Å². The van der Waals surface area contributed by atoms with Crippen molar-refractivity contribution >= 4 is 21.8 Å². The van der Waals surface area contributed by atoms with Crippen molar-refractivity contribution in [1.29, 1.82) is 0 Å². The van der Waals surface area contributed by atoms with Crippen LogP contribution >= 0.6 is 11.8 Å². The van der Waals surface area contributed by atoms with Crippen LogP contribution in [-0.4, -0.2) is 43.2 Å². The number of aromatic nitrogens is 2. The summed E-state index contributed by atoms with van der Waals surface area (Å²) in [7, 11) is -1.73. The fourth-order valence-electron chi connectivity index (χ4n) is 2.54. The van der Waals surface area contributed by atoms with Crippen LogP contribution in [0.1, 0.15) is 31.2 Å². The number of rotatable bonds is 6. The summed E-state index contributed by atoms with van der Waals surface area (Å²) in [6.45, 7) is 0.478. The highest BCUT2D eigenvalue weighted by Gasteiger charge is 2.27. The minimum atomic E-state index is -3.51. The van der Waals surface area contributed by atoms with E-state index in [2.05, 4.69) is 26.5 Å². The predicted molar refractivity (Wildman–Crippen MR) is 81.2 cm³/mol. The summed E-state index contributed by atoms with van der Waals surface area (Å²) in [6.07, 6.45) is 7.61. The van der Waals surface area contributed by atoms with Crippen LogP contribution in [0.2, 0.25) is 0 Å². The molecule has 6 nitrogen and oxygen atoms in total. The van der Waals surface area contributed by atoms with Crippen molar-refractivity contribution < 1.29 is 8.42 Å². The summed E-state index contributed by atoms with van der Waals surface area (Å²) in [5, 5.41) is 10.2. The SMILES string of the molecule is CNCc1cn[nH]c1S(=O)(=O)NC1CCC(SC)CC1. The summed E-state index contributed by atoms with van der Waals surface area (Å²) in [5.41, 5.74) is 0.665. The molecule has 0 atom stereocenters. The standard InChI is InChI=1S/C12H22N4O2S2/c1-13-7-9-8-14-15-12(9)20(17,18)16-10-3-5-11(19-2)6-4-10/h8,10-11,13,16H,3-7H2,1-2H3,(H,14,15). The van der Waals surface area contributed by atoms with Crippen molar-refractivity contribution in [2.24, 2.45) is 0 Å². The number of hydrogen-bond donors (Lipinski definition) is 3. The van der Waals surface area contributed by atoms with Crippen LogP contribution in [0.25, 0.3) is 0 Å². The molecule has 0 aliphatic heterocycles. The van der Waals surface area contributed by atoms with Gasteiger partial charge in [0.1, 0.15) is 0 Å². The van der Waals surface area contributed by atoms with E-state index < -0.39 is 10.0 Å². The average Bonchev–Trinajstić information content (AvgIpc) is 2.89. The van der Waals surface area contributed by atoms with Crippen LogP contribution in [0.15, 0.2) is 11.2 Å². The molecule has 0 spiro atoms. The molecule has 20 heavy (non-hydrogen) atoms. The van der Waals surface area contributed by atoms with Crippen LogP contribution < -0.4 is 10.0 Å². The third-order valence-electron chi connectivity index (χ3n) is 3.64. The number of hydrogen-bond acceptors (Lipinski definition) is 5. The Labute approximate surface area is 124 Å². The first-order chi connectivity index (χ1) is 9.56. The Balaban J connectivity index is 2.02. The minimum Gasteiger partial charge on any atom is -0.316 e. The molecule has 3 N–H and O–H groups in total. The lowest BCUT2D eigenvalue weighted by molar-refractivity contribution is 0.419. The van der Waals surface area contributed by atoms with Crippen molar-refractivity contribution in [1.82, 2.24) is 20.2 Å². The quantitative estimate of drug-likeness (QED) is 0.731. The molecule has 0 radical (unpaired) electrons. The Bertz CT molecular complexity index is 521. The zero-order valence-electron chi connectivity index (χ0n) is 11.8. The second kappa shape index (κ2) is 6.93. The summed E-state index contributed by atoms with van der Waals surface area (Å²) in [6, 6.07) is 0.0362. The zero-order chi connectivity index (χ0) is 14.6. The lowest BCUT2D eigenvalue weighted by Crippen LogP contribution is -2.38. The highest BCUT2D eigenvalue weighted by molar-refractivity contribution is 7.99. The van der Waals surface area contributed by atoms with Gasteiger partial charge in [0.25, 0.3) is 10.0 Å². The van der Waals surface area contributed by atoms with Crippen LogP contribution in [0, 0.1) is 0 Å². The molecule has 1 saturated carbocycles. The highest BCUT2D eigenvalue weighted by Crippen LogP contribution is 2.27. The molecule has 0 unspecified atom stereocenters. The predicted octanol–water partition coefficient (Wildman–Crippen LogP) is 1.08. The number of sulfonamides is 1. The molecule has 0 amide bonds. The molecule has 0 saturated heterocycles. The third-order valence-corrected chi connectivity index (χ3v) is 6.32. The number of H-pyrrole nitrogens is 1. The topological polar surface area (TPSA) is 86.9 Å². The lowest BCUT2D eigenvalue weighted by atomic mass is 9.96. The number of thioether (sulfide) groups is 1. The van der Waals surface area contributed by atoms with Crippen LogP contribution in [-0.2, 0) is 16.6 Å². The van der Waals surface area contributed by atoms with Gasteiger partial charge in [-0.25, -0.2) is 13.1 Å². The average molecular weight is 318 g/mol. The molecular weight excluding hydrogens is 296 g/mol. The maximum Gasteiger partial charge on any atom is 0.258 e. The maximum absolute atomic E-state index is 12.4. The van der Waals surface area contributed by atoms with Gasteiger partial charge in [0.15, 0.2) is 5.03 Å². The van der Waals surface area contributed by atoms with Gasteiger partial charge >= 0.3 is 0 Å². The second-order valence-corrected chi connectivity index (χ2v) is 7.87. The Morgan fingerprint density at radius 2 is 2.10 bits per heavy atom. The van der Waals surface area contributed by atoms with Crippen molar-refractivity contribution in [3.63, 3.8) is 0 Å². The van der Waals surface area contributed by atoms with Crippen LogP contribution in [0.4, 0.5) is 0 Å². The van der Waals surface area contributed by atoms with E-state index in [-0.39, 0.29) is 11.1 Å². The highest BCUT2D eigenvalue weighted by atomic mass is 32.2. The molecule has 1 aliphatic rings. The van der Waals surface area contributed by atoms with E-state index >= 15 is 0 Å². The van der Waals surface area contributed by atoms with Crippen molar-refractivity contribution in [3.8, 4) is 0 Å². The third kappa shape index (κ3) is 3.75. The molecule has 0 aromatic carbocycles. The smallest absolute Gasteiger partial charge is 0.258 e. The van der Waals surface area contributed by atoms with Crippen LogP contribution in [0.3, 0.4) is 0 Å². The molecule has 1 aliphatic carbocycles. The van der Waals surface area contributed by atoms with Crippen molar-refractivity contribution in [3.05, 3.63) is 11.8 Å².